The fourth-order valence-corrected chi connectivity index (χ4v) is 6.98. The molecule has 0 saturated heterocycles. The average molecular weight is 399 g/mol. The number of rotatable bonds is 5. The zero-order valence-corrected chi connectivity index (χ0v) is 16.3. The van der Waals surface area contributed by atoms with Gasteiger partial charge >= 0.3 is 21.3 Å². The second-order valence-corrected chi connectivity index (χ2v) is 14.6. The lowest BCUT2D eigenvalue weighted by molar-refractivity contribution is -0.204. The molecular formula is C15H24F2O6SSi. The number of hydrogen-bond acceptors (Lipinski definition) is 5. The van der Waals surface area contributed by atoms with Crippen molar-refractivity contribution in [3.63, 3.8) is 0 Å². The molecule has 0 aromatic heterocycles. The third kappa shape index (κ3) is 3.50. The number of ether oxygens (including phenoxy) is 1. The first-order chi connectivity index (χ1) is 11.2. The zero-order valence-electron chi connectivity index (χ0n) is 14.5. The van der Waals surface area contributed by atoms with Crippen LogP contribution in [0.4, 0.5) is 8.78 Å². The van der Waals surface area contributed by atoms with Gasteiger partial charge in [-0.1, -0.05) is 0 Å². The van der Waals surface area contributed by atoms with E-state index in [1.165, 1.54) is 0 Å². The smallest absolute Gasteiger partial charge is 0.456 e. The van der Waals surface area contributed by atoms with E-state index in [1.54, 1.807) is 0 Å². The van der Waals surface area contributed by atoms with Crippen LogP contribution in [0, 0.1) is 17.8 Å². The Morgan fingerprint density at radius 1 is 1.16 bits per heavy atom. The van der Waals surface area contributed by atoms with Crippen molar-refractivity contribution in [2.75, 3.05) is 0 Å². The summed E-state index contributed by atoms with van der Waals surface area (Å²) in [5.74, 6) is -1.98. The molecule has 2 atom stereocenters. The Kier molecular flexibility index (Phi) is 4.38. The predicted molar refractivity (Wildman–Crippen MR) is 87.1 cm³/mol. The monoisotopic (exact) mass is 398 g/mol. The first-order valence-corrected chi connectivity index (χ1v) is 13.3. The molecule has 0 heterocycles. The highest BCUT2D eigenvalue weighted by molar-refractivity contribution is 7.87. The molecule has 4 fully saturated rings. The van der Waals surface area contributed by atoms with Gasteiger partial charge in [-0.05, 0) is 69.5 Å². The minimum absolute atomic E-state index is 0.108. The number of carbonyl (C=O) groups excluding carboxylic acids is 1. The van der Waals surface area contributed by atoms with Crippen molar-refractivity contribution in [1.82, 2.24) is 0 Å². The third-order valence-electron chi connectivity index (χ3n) is 5.46. The number of carbonyl (C=O) groups is 1. The molecule has 2 unspecified atom stereocenters. The molecule has 0 aliphatic heterocycles. The normalized spacial score (nSPS) is 38.0. The zero-order chi connectivity index (χ0) is 18.8. The summed E-state index contributed by atoms with van der Waals surface area (Å²) < 4.78 is 68.4. The molecule has 6 nitrogen and oxygen atoms in total. The van der Waals surface area contributed by atoms with E-state index >= 15 is 0 Å². The molecule has 4 bridgehead atoms. The Balaban J connectivity index is 1.76. The number of esters is 1. The van der Waals surface area contributed by atoms with Crippen LogP contribution in [0.25, 0.3) is 0 Å². The number of alkyl halides is 2. The Bertz CT molecular complexity index is 658. The van der Waals surface area contributed by atoms with E-state index in [-0.39, 0.29) is 17.4 Å². The molecule has 4 aliphatic carbocycles. The molecule has 0 amide bonds. The van der Waals surface area contributed by atoms with Gasteiger partial charge in [-0.25, -0.2) is 4.79 Å². The van der Waals surface area contributed by atoms with Crippen molar-refractivity contribution in [3.8, 4) is 0 Å². The molecule has 0 aromatic carbocycles. The maximum absolute atomic E-state index is 13.5. The molecule has 0 radical (unpaired) electrons. The predicted octanol–water partition coefficient (Wildman–Crippen LogP) is 2.81. The molecule has 0 aromatic rings. The number of halogens is 2. The van der Waals surface area contributed by atoms with E-state index in [2.05, 4.69) is 19.6 Å². The van der Waals surface area contributed by atoms with E-state index in [4.69, 9.17) is 13.7 Å². The second-order valence-electron chi connectivity index (χ2n) is 8.73. The highest BCUT2D eigenvalue weighted by Crippen LogP contribution is 2.58. The lowest BCUT2D eigenvalue weighted by Gasteiger charge is -2.60. The fourth-order valence-electron chi connectivity index (χ4n) is 5.17. The van der Waals surface area contributed by atoms with Crippen LogP contribution in [-0.2, 0) is 24.1 Å². The molecule has 4 aliphatic rings. The maximum Gasteiger partial charge on any atom is 0.465 e. The van der Waals surface area contributed by atoms with Gasteiger partial charge in [0, 0.05) is 0 Å². The standard InChI is InChI=1S/C15H24F2O6SSi/c1-25(2,3)23-14-6-9-4-10(7-14)12(11(5-9)8-14)22-13(18)15(16,17)24(19,20)21/h9-12H,4-8H2,1-3H3,(H,19,20,21). The Morgan fingerprint density at radius 3 is 2.12 bits per heavy atom. The summed E-state index contributed by atoms with van der Waals surface area (Å²) >= 11 is 0. The van der Waals surface area contributed by atoms with E-state index in [0.717, 1.165) is 19.3 Å². The van der Waals surface area contributed by atoms with Gasteiger partial charge in [0.2, 0.25) is 0 Å². The van der Waals surface area contributed by atoms with E-state index in [1.807, 2.05) is 0 Å². The van der Waals surface area contributed by atoms with Crippen molar-refractivity contribution < 1.29 is 35.7 Å². The summed E-state index contributed by atoms with van der Waals surface area (Å²) in [5, 5.41) is -4.94. The van der Waals surface area contributed by atoms with Crippen LogP contribution in [-0.4, -0.2) is 44.2 Å². The van der Waals surface area contributed by atoms with Crippen molar-refractivity contribution in [2.45, 2.75) is 68.7 Å². The molecule has 25 heavy (non-hydrogen) atoms. The molecule has 1 N–H and O–H groups in total. The molecule has 0 spiro atoms. The largest absolute Gasteiger partial charge is 0.465 e. The highest BCUT2D eigenvalue weighted by atomic mass is 32.2. The van der Waals surface area contributed by atoms with Crippen LogP contribution < -0.4 is 0 Å². The lowest BCUT2D eigenvalue weighted by Crippen LogP contribution is -2.61. The molecule has 144 valence electrons. The summed E-state index contributed by atoms with van der Waals surface area (Å²) in [6.07, 6.45) is 3.02. The summed E-state index contributed by atoms with van der Waals surface area (Å²) in [6, 6.07) is 0. The summed E-state index contributed by atoms with van der Waals surface area (Å²) in [4.78, 5) is 11.7. The fraction of sp³-hybridized carbons (Fsp3) is 0.933. The van der Waals surface area contributed by atoms with Crippen molar-refractivity contribution in [1.29, 1.82) is 0 Å². The molecule has 10 heteroatoms. The first-order valence-electron chi connectivity index (χ1n) is 8.49. The summed E-state index contributed by atoms with van der Waals surface area (Å²) in [7, 11) is -7.63. The van der Waals surface area contributed by atoms with Gasteiger partial charge < -0.3 is 9.16 Å². The minimum atomic E-state index is -5.84. The van der Waals surface area contributed by atoms with Gasteiger partial charge in [-0.3, -0.25) is 4.55 Å². The Labute approximate surface area is 147 Å². The molecule has 4 saturated carbocycles. The third-order valence-corrected chi connectivity index (χ3v) is 7.32. The topological polar surface area (TPSA) is 89.9 Å². The van der Waals surface area contributed by atoms with E-state index in [9.17, 15) is 22.0 Å². The molecular weight excluding hydrogens is 374 g/mol. The maximum atomic E-state index is 13.5. The minimum Gasteiger partial charge on any atom is -0.456 e. The quantitative estimate of drug-likeness (QED) is 0.435. The SMILES string of the molecule is C[Si](C)(C)OC12CC3CC(C1)C(OC(=O)C(F)(F)S(=O)(=O)O)C(C3)C2. The lowest BCUT2D eigenvalue weighted by atomic mass is 9.53. The highest BCUT2D eigenvalue weighted by Gasteiger charge is 2.61. The summed E-state index contributed by atoms with van der Waals surface area (Å²) in [5.41, 5.74) is -0.268. The van der Waals surface area contributed by atoms with Crippen LogP contribution in [0.5, 0.6) is 0 Å². The number of hydrogen-bond donors (Lipinski definition) is 1. The van der Waals surface area contributed by atoms with Crippen LogP contribution in [0.1, 0.15) is 32.1 Å². The van der Waals surface area contributed by atoms with Gasteiger partial charge in [0.15, 0.2) is 8.32 Å². The summed E-state index contributed by atoms with van der Waals surface area (Å²) in [6.45, 7) is 6.32. The van der Waals surface area contributed by atoms with Crippen LogP contribution in [0.2, 0.25) is 19.6 Å². The van der Waals surface area contributed by atoms with Gasteiger partial charge in [0.1, 0.15) is 6.10 Å². The van der Waals surface area contributed by atoms with Gasteiger partial charge in [-0.15, -0.1) is 0 Å². The van der Waals surface area contributed by atoms with Crippen LogP contribution in [0.15, 0.2) is 0 Å². The van der Waals surface area contributed by atoms with Crippen LogP contribution >= 0.6 is 0 Å². The van der Waals surface area contributed by atoms with E-state index in [0.29, 0.717) is 18.8 Å². The average Bonchev–Trinajstić information content (AvgIpc) is 2.37. The van der Waals surface area contributed by atoms with Crippen molar-refractivity contribution >= 4 is 24.4 Å². The van der Waals surface area contributed by atoms with Crippen molar-refractivity contribution in [3.05, 3.63) is 0 Å². The van der Waals surface area contributed by atoms with E-state index < -0.39 is 35.8 Å². The van der Waals surface area contributed by atoms with Gasteiger partial charge in [0.05, 0.1) is 5.60 Å². The van der Waals surface area contributed by atoms with Crippen LogP contribution in [0.3, 0.4) is 0 Å². The second kappa shape index (κ2) is 5.70. The van der Waals surface area contributed by atoms with Crippen molar-refractivity contribution in [2.24, 2.45) is 17.8 Å². The van der Waals surface area contributed by atoms with Gasteiger partial charge in [-0.2, -0.15) is 17.2 Å². The first kappa shape index (κ1) is 19.2. The Morgan fingerprint density at radius 2 is 1.68 bits per heavy atom. The molecule has 4 rings (SSSR count). The van der Waals surface area contributed by atoms with Gasteiger partial charge in [0.25, 0.3) is 0 Å². The Hall–Kier alpha value is -0.583.